The second-order valence-electron chi connectivity index (χ2n) is 5.22. The molecule has 0 saturated heterocycles. The zero-order valence-corrected chi connectivity index (χ0v) is 17.3. The number of rotatable bonds is 6. The first-order valence-corrected chi connectivity index (χ1v) is 8.05. The van der Waals surface area contributed by atoms with E-state index in [4.69, 9.17) is 16.3 Å². The van der Waals surface area contributed by atoms with Gasteiger partial charge in [-0.25, -0.2) is 0 Å². The van der Waals surface area contributed by atoms with Crippen LogP contribution in [0.2, 0.25) is 5.02 Å². The number of hydrogen-bond donors (Lipinski definition) is 3. The lowest BCUT2D eigenvalue weighted by Gasteiger charge is -2.13. The standard InChI is InChI=1S/C18H22ClN3O2.HI/c1-20-18(21-10-9-13-3-5-15(19)6-4-13)22-12-14-11-16(24-2)7-8-17(14)23;/h3-8,11,23H,9-10,12H2,1-2H3,(H2,20,21,22);1H. The molecule has 25 heavy (non-hydrogen) atoms. The Bertz CT molecular complexity index is 693. The van der Waals surface area contributed by atoms with Gasteiger partial charge in [0.2, 0.25) is 0 Å². The molecule has 0 fully saturated rings. The molecule has 2 rings (SSSR count). The van der Waals surface area contributed by atoms with E-state index in [0.29, 0.717) is 18.3 Å². The lowest BCUT2D eigenvalue weighted by atomic mass is 10.1. The maximum absolute atomic E-state index is 9.90. The number of halogens is 2. The fourth-order valence-electron chi connectivity index (χ4n) is 2.21. The first-order valence-electron chi connectivity index (χ1n) is 7.67. The smallest absolute Gasteiger partial charge is 0.191 e. The van der Waals surface area contributed by atoms with E-state index in [-0.39, 0.29) is 29.7 Å². The highest BCUT2D eigenvalue weighted by Crippen LogP contribution is 2.22. The van der Waals surface area contributed by atoms with Crippen LogP contribution in [0.5, 0.6) is 11.5 Å². The van der Waals surface area contributed by atoms with Crippen molar-refractivity contribution >= 4 is 41.5 Å². The molecule has 0 spiro atoms. The number of phenols is 1. The van der Waals surface area contributed by atoms with Gasteiger partial charge in [-0.15, -0.1) is 24.0 Å². The molecule has 2 aromatic carbocycles. The minimum absolute atomic E-state index is 0. The normalized spacial score (nSPS) is 10.8. The molecule has 0 unspecified atom stereocenters. The van der Waals surface area contributed by atoms with Gasteiger partial charge in [0, 0.05) is 30.7 Å². The third-order valence-electron chi connectivity index (χ3n) is 3.58. The minimum atomic E-state index is 0. The summed E-state index contributed by atoms with van der Waals surface area (Å²) in [7, 11) is 3.31. The summed E-state index contributed by atoms with van der Waals surface area (Å²) in [6.07, 6.45) is 0.863. The third kappa shape index (κ3) is 6.99. The molecule has 0 bridgehead atoms. The van der Waals surface area contributed by atoms with E-state index in [1.54, 1.807) is 32.4 Å². The van der Waals surface area contributed by atoms with Crippen LogP contribution in [0.3, 0.4) is 0 Å². The fraction of sp³-hybridized carbons (Fsp3) is 0.278. The topological polar surface area (TPSA) is 65.9 Å². The summed E-state index contributed by atoms with van der Waals surface area (Å²) < 4.78 is 5.17. The maximum Gasteiger partial charge on any atom is 0.191 e. The Kier molecular flexibility index (Phi) is 9.44. The number of nitrogens with one attached hydrogen (secondary N) is 2. The van der Waals surface area contributed by atoms with Crippen LogP contribution >= 0.6 is 35.6 Å². The summed E-state index contributed by atoms with van der Waals surface area (Å²) in [5, 5.41) is 17.1. The molecule has 2 aromatic rings. The molecule has 0 aliphatic rings. The number of nitrogens with zero attached hydrogens (tertiary/aromatic N) is 1. The van der Waals surface area contributed by atoms with Crippen molar-refractivity contribution in [1.29, 1.82) is 0 Å². The molecule has 3 N–H and O–H groups in total. The highest BCUT2D eigenvalue weighted by molar-refractivity contribution is 14.0. The van der Waals surface area contributed by atoms with Crippen LogP contribution in [0.4, 0.5) is 0 Å². The second-order valence-corrected chi connectivity index (χ2v) is 5.66. The van der Waals surface area contributed by atoms with Gasteiger partial charge in [0.25, 0.3) is 0 Å². The summed E-state index contributed by atoms with van der Waals surface area (Å²) in [6, 6.07) is 12.9. The summed E-state index contributed by atoms with van der Waals surface area (Å²) >= 11 is 5.88. The molecule has 0 saturated carbocycles. The first kappa shape index (κ1) is 21.4. The molecule has 0 aliphatic heterocycles. The molecule has 0 amide bonds. The number of aromatic hydroxyl groups is 1. The van der Waals surface area contributed by atoms with Gasteiger partial charge < -0.3 is 20.5 Å². The van der Waals surface area contributed by atoms with Crippen LogP contribution < -0.4 is 15.4 Å². The molecule has 0 radical (unpaired) electrons. The largest absolute Gasteiger partial charge is 0.508 e. The molecular formula is C18H23ClIN3O2. The summed E-state index contributed by atoms with van der Waals surface area (Å²) in [5.74, 6) is 1.60. The van der Waals surface area contributed by atoms with Gasteiger partial charge in [-0.1, -0.05) is 23.7 Å². The van der Waals surface area contributed by atoms with Crippen LogP contribution in [0, 0.1) is 0 Å². The van der Waals surface area contributed by atoms with E-state index in [1.165, 1.54) is 5.56 Å². The Morgan fingerprint density at radius 1 is 1.16 bits per heavy atom. The van der Waals surface area contributed by atoms with Gasteiger partial charge in [-0.2, -0.15) is 0 Å². The van der Waals surface area contributed by atoms with Gasteiger partial charge in [0.1, 0.15) is 11.5 Å². The molecule has 0 aromatic heterocycles. The average Bonchev–Trinajstić information content (AvgIpc) is 2.60. The number of guanidine groups is 1. The zero-order chi connectivity index (χ0) is 17.4. The van der Waals surface area contributed by atoms with E-state index in [1.807, 2.05) is 24.3 Å². The van der Waals surface area contributed by atoms with Gasteiger partial charge >= 0.3 is 0 Å². The quantitative estimate of drug-likeness (QED) is 0.339. The number of phenolic OH excluding ortho intramolecular Hbond substituents is 1. The highest BCUT2D eigenvalue weighted by Gasteiger charge is 2.05. The molecule has 7 heteroatoms. The summed E-state index contributed by atoms with van der Waals surface area (Å²) in [5.41, 5.74) is 1.95. The molecule has 0 aliphatic carbocycles. The Morgan fingerprint density at radius 3 is 2.52 bits per heavy atom. The maximum atomic E-state index is 9.90. The van der Waals surface area contributed by atoms with Crippen molar-refractivity contribution in [2.24, 2.45) is 4.99 Å². The molecule has 0 atom stereocenters. The average molecular weight is 476 g/mol. The van der Waals surface area contributed by atoms with E-state index in [9.17, 15) is 5.11 Å². The van der Waals surface area contributed by atoms with Crippen LogP contribution in [0.1, 0.15) is 11.1 Å². The van der Waals surface area contributed by atoms with Crippen molar-refractivity contribution in [2.75, 3.05) is 20.7 Å². The van der Waals surface area contributed by atoms with Crippen molar-refractivity contribution in [3.05, 3.63) is 58.6 Å². The Hall–Kier alpha value is -1.67. The number of ether oxygens (including phenoxy) is 1. The summed E-state index contributed by atoms with van der Waals surface area (Å²) in [6.45, 7) is 1.19. The van der Waals surface area contributed by atoms with E-state index >= 15 is 0 Å². The lowest BCUT2D eigenvalue weighted by molar-refractivity contribution is 0.410. The van der Waals surface area contributed by atoms with Crippen LogP contribution in [0.15, 0.2) is 47.5 Å². The van der Waals surface area contributed by atoms with Gasteiger partial charge in [0.15, 0.2) is 5.96 Å². The fourth-order valence-corrected chi connectivity index (χ4v) is 2.33. The minimum Gasteiger partial charge on any atom is -0.508 e. The van der Waals surface area contributed by atoms with E-state index in [0.717, 1.165) is 23.6 Å². The van der Waals surface area contributed by atoms with Crippen LogP contribution in [-0.4, -0.2) is 31.8 Å². The van der Waals surface area contributed by atoms with Gasteiger partial charge in [0.05, 0.1) is 7.11 Å². The predicted octanol–water partition coefficient (Wildman–Crippen LogP) is 3.58. The highest BCUT2D eigenvalue weighted by atomic mass is 127. The number of benzene rings is 2. The van der Waals surface area contributed by atoms with Crippen molar-refractivity contribution in [3.8, 4) is 11.5 Å². The van der Waals surface area contributed by atoms with Crippen molar-refractivity contribution in [3.63, 3.8) is 0 Å². The first-order chi connectivity index (χ1) is 11.6. The van der Waals surface area contributed by atoms with Crippen molar-refractivity contribution in [2.45, 2.75) is 13.0 Å². The Morgan fingerprint density at radius 2 is 1.88 bits per heavy atom. The number of methoxy groups -OCH3 is 1. The zero-order valence-electron chi connectivity index (χ0n) is 14.3. The third-order valence-corrected chi connectivity index (χ3v) is 3.83. The molecule has 5 nitrogen and oxygen atoms in total. The predicted molar refractivity (Wildman–Crippen MR) is 113 cm³/mol. The van der Waals surface area contributed by atoms with Crippen molar-refractivity contribution in [1.82, 2.24) is 10.6 Å². The van der Waals surface area contributed by atoms with Crippen LogP contribution in [-0.2, 0) is 13.0 Å². The molecule has 136 valence electrons. The van der Waals surface area contributed by atoms with Crippen LogP contribution in [0.25, 0.3) is 0 Å². The summed E-state index contributed by atoms with van der Waals surface area (Å²) in [4.78, 5) is 4.18. The SMILES string of the molecule is CN=C(NCCc1ccc(Cl)cc1)NCc1cc(OC)ccc1O.I. The van der Waals surface area contributed by atoms with E-state index in [2.05, 4.69) is 15.6 Å². The lowest BCUT2D eigenvalue weighted by Crippen LogP contribution is -2.37. The van der Waals surface area contributed by atoms with Crippen molar-refractivity contribution < 1.29 is 9.84 Å². The van der Waals surface area contributed by atoms with Gasteiger partial charge in [-0.05, 0) is 42.3 Å². The molecule has 0 heterocycles. The number of aliphatic imine (C=N–C) groups is 1. The monoisotopic (exact) mass is 475 g/mol. The second kappa shape index (κ2) is 11.0. The number of hydrogen-bond acceptors (Lipinski definition) is 3. The van der Waals surface area contributed by atoms with E-state index < -0.39 is 0 Å². The Labute approximate surface area is 170 Å². The van der Waals surface area contributed by atoms with Gasteiger partial charge in [-0.3, -0.25) is 4.99 Å². The Balaban J connectivity index is 0.00000312. The molecular weight excluding hydrogens is 453 g/mol.